The molecule has 4 nitrogen and oxygen atoms in total. The second kappa shape index (κ2) is 8.06. The molecule has 0 saturated carbocycles. The molecule has 0 saturated heterocycles. The summed E-state index contributed by atoms with van der Waals surface area (Å²) in [6, 6.07) is 13.8. The zero-order valence-corrected chi connectivity index (χ0v) is 14.9. The Kier molecular flexibility index (Phi) is 6.10. The molecule has 0 unspecified atom stereocenters. The molecule has 2 aromatic carbocycles. The van der Waals surface area contributed by atoms with Gasteiger partial charge in [-0.3, -0.25) is 4.79 Å². The van der Waals surface area contributed by atoms with E-state index in [-0.39, 0.29) is 18.3 Å². The van der Waals surface area contributed by atoms with Gasteiger partial charge in [-0.1, -0.05) is 12.1 Å². The van der Waals surface area contributed by atoms with Crippen molar-refractivity contribution >= 4 is 24.0 Å². The Morgan fingerprint density at radius 2 is 2.08 bits per heavy atom. The van der Waals surface area contributed by atoms with E-state index < -0.39 is 0 Å². The van der Waals surface area contributed by atoms with E-state index in [0.717, 1.165) is 30.0 Å². The van der Waals surface area contributed by atoms with Crippen LogP contribution < -0.4 is 10.1 Å². The molecule has 1 amide bonds. The number of hydrogen-bond donors (Lipinski definition) is 1. The third kappa shape index (κ3) is 4.20. The summed E-state index contributed by atoms with van der Waals surface area (Å²) in [5.41, 5.74) is 4.27. The molecule has 0 aromatic heterocycles. The number of fused-ring (bicyclic) bond motifs is 1. The lowest BCUT2D eigenvalue weighted by Gasteiger charge is -2.18. The summed E-state index contributed by atoms with van der Waals surface area (Å²) in [4.78, 5) is 14.2. The molecular formula is C19H23ClN2O2. The molecule has 5 heteroatoms. The molecule has 0 aliphatic carbocycles. The highest BCUT2D eigenvalue weighted by Gasteiger charge is 2.16. The highest BCUT2D eigenvalue weighted by atomic mass is 35.5. The van der Waals surface area contributed by atoms with Crippen molar-refractivity contribution < 1.29 is 9.53 Å². The fraction of sp³-hybridized carbons (Fsp3) is 0.316. The van der Waals surface area contributed by atoms with Crippen molar-refractivity contribution in [3.63, 3.8) is 0 Å². The van der Waals surface area contributed by atoms with Crippen LogP contribution in [0.5, 0.6) is 5.75 Å². The van der Waals surface area contributed by atoms with Gasteiger partial charge in [0.15, 0.2) is 0 Å². The number of nitrogens with one attached hydrogen (secondary N) is 1. The van der Waals surface area contributed by atoms with Gasteiger partial charge in [0, 0.05) is 24.8 Å². The fourth-order valence-electron chi connectivity index (χ4n) is 2.77. The standard InChI is InChI=1S/C19H22N2O2.ClH/c1-14-4-3-5-17(12-14)23-11-10-21(2)19(22)16-6-7-18-15(13-16)8-9-20-18;/h3-7,12-13,20H,8-11H2,1-2H3;1H. The first-order valence-electron chi connectivity index (χ1n) is 7.95. The van der Waals surface area contributed by atoms with Crippen molar-refractivity contribution in [1.82, 2.24) is 4.90 Å². The number of hydrogen-bond acceptors (Lipinski definition) is 3. The van der Waals surface area contributed by atoms with E-state index >= 15 is 0 Å². The summed E-state index contributed by atoms with van der Waals surface area (Å²) in [6.45, 7) is 4.03. The number of likely N-dealkylation sites (N-methyl/N-ethyl adjacent to an activating group) is 1. The molecule has 0 fully saturated rings. The number of halogens is 1. The van der Waals surface area contributed by atoms with Crippen LogP contribution in [0.15, 0.2) is 42.5 Å². The highest BCUT2D eigenvalue weighted by molar-refractivity contribution is 5.94. The van der Waals surface area contributed by atoms with Crippen LogP contribution in [0, 0.1) is 6.92 Å². The highest BCUT2D eigenvalue weighted by Crippen LogP contribution is 2.23. The minimum atomic E-state index is 0. The minimum absolute atomic E-state index is 0. The number of carbonyl (C=O) groups excluding carboxylic acids is 1. The molecule has 128 valence electrons. The lowest BCUT2D eigenvalue weighted by atomic mass is 10.1. The van der Waals surface area contributed by atoms with Gasteiger partial charge in [0.25, 0.3) is 5.91 Å². The molecule has 24 heavy (non-hydrogen) atoms. The van der Waals surface area contributed by atoms with Crippen LogP contribution in [-0.4, -0.2) is 37.6 Å². The van der Waals surface area contributed by atoms with Crippen molar-refractivity contribution in [1.29, 1.82) is 0 Å². The van der Waals surface area contributed by atoms with Crippen molar-refractivity contribution in [2.75, 3.05) is 32.1 Å². The lowest BCUT2D eigenvalue weighted by molar-refractivity contribution is 0.0773. The van der Waals surface area contributed by atoms with Crippen LogP contribution in [0.2, 0.25) is 0 Å². The minimum Gasteiger partial charge on any atom is -0.492 e. The van der Waals surface area contributed by atoms with Gasteiger partial charge < -0.3 is 15.0 Å². The van der Waals surface area contributed by atoms with Gasteiger partial charge in [-0.05, 0) is 54.8 Å². The van der Waals surface area contributed by atoms with Crippen molar-refractivity contribution in [2.24, 2.45) is 0 Å². The smallest absolute Gasteiger partial charge is 0.253 e. The van der Waals surface area contributed by atoms with E-state index in [0.29, 0.717) is 13.2 Å². The number of benzene rings is 2. The fourth-order valence-corrected chi connectivity index (χ4v) is 2.77. The van der Waals surface area contributed by atoms with Gasteiger partial charge in [-0.15, -0.1) is 12.4 Å². The van der Waals surface area contributed by atoms with E-state index in [1.807, 2.05) is 56.4 Å². The molecular weight excluding hydrogens is 324 g/mol. The number of nitrogens with zero attached hydrogens (tertiary/aromatic N) is 1. The van der Waals surface area contributed by atoms with Crippen molar-refractivity contribution in [3.05, 3.63) is 59.2 Å². The number of anilines is 1. The third-order valence-corrected chi connectivity index (χ3v) is 4.09. The van der Waals surface area contributed by atoms with Crippen LogP contribution in [0.4, 0.5) is 5.69 Å². The second-order valence-electron chi connectivity index (χ2n) is 5.94. The Morgan fingerprint density at radius 3 is 2.88 bits per heavy atom. The average Bonchev–Trinajstić information content (AvgIpc) is 3.01. The number of carbonyl (C=O) groups is 1. The molecule has 1 heterocycles. The Balaban J connectivity index is 0.00000208. The van der Waals surface area contributed by atoms with E-state index in [1.165, 1.54) is 11.1 Å². The first-order valence-corrected chi connectivity index (χ1v) is 7.95. The molecule has 1 N–H and O–H groups in total. The molecule has 2 aromatic rings. The van der Waals surface area contributed by atoms with Crippen LogP contribution in [0.1, 0.15) is 21.5 Å². The Morgan fingerprint density at radius 1 is 1.25 bits per heavy atom. The third-order valence-electron chi connectivity index (χ3n) is 4.09. The van der Waals surface area contributed by atoms with Gasteiger partial charge in [0.2, 0.25) is 0 Å². The predicted octanol–water partition coefficient (Wildman–Crippen LogP) is 3.54. The number of amides is 1. The molecule has 0 radical (unpaired) electrons. The molecule has 3 rings (SSSR count). The molecule has 0 bridgehead atoms. The van der Waals surface area contributed by atoms with E-state index in [2.05, 4.69) is 5.32 Å². The Labute approximate surface area is 149 Å². The largest absolute Gasteiger partial charge is 0.492 e. The maximum Gasteiger partial charge on any atom is 0.253 e. The van der Waals surface area contributed by atoms with Gasteiger partial charge >= 0.3 is 0 Å². The molecule has 0 atom stereocenters. The summed E-state index contributed by atoms with van der Waals surface area (Å²) < 4.78 is 5.71. The van der Waals surface area contributed by atoms with Gasteiger partial charge in [-0.2, -0.15) is 0 Å². The normalized spacial score (nSPS) is 11.9. The zero-order chi connectivity index (χ0) is 16.2. The maximum absolute atomic E-state index is 12.5. The summed E-state index contributed by atoms with van der Waals surface area (Å²) in [6.07, 6.45) is 0.983. The lowest BCUT2D eigenvalue weighted by Crippen LogP contribution is -2.30. The zero-order valence-electron chi connectivity index (χ0n) is 14.0. The number of aryl methyl sites for hydroxylation is 1. The van der Waals surface area contributed by atoms with Crippen LogP contribution >= 0.6 is 12.4 Å². The summed E-state index contributed by atoms with van der Waals surface area (Å²) in [7, 11) is 1.81. The number of rotatable bonds is 5. The van der Waals surface area contributed by atoms with E-state index in [4.69, 9.17) is 4.74 Å². The van der Waals surface area contributed by atoms with Crippen LogP contribution in [0.3, 0.4) is 0 Å². The maximum atomic E-state index is 12.5. The Hall–Kier alpha value is -2.20. The molecule has 0 spiro atoms. The van der Waals surface area contributed by atoms with Gasteiger partial charge in [-0.25, -0.2) is 0 Å². The first kappa shape index (κ1) is 18.1. The van der Waals surface area contributed by atoms with Crippen LogP contribution in [-0.2, 0) is 6.42 Å². The Bertz CT molecular complexity index is 718. The SMILES string of the molecule is Cc1cccc(OCCN(C)C(=O)c2ccc3c(c2)CCN3)c1.Cl. The van der Waals surface area contributed by atoms with E-state index in [9.17, 15) is 4.79 Å². The van der Waals surface area contributed by atoms with Gasteiger partial charge in [0.05, 0.1) is 6.54 Å². The second-order valence-corrected chi connectivity index (χ2v) is 5.94. The molecule has 1 aliphatic rings. The van der Waals surface area contributed by atoms with E-state index in [1.54, 1.807) is 4.90 Å². The van der Waals surface area contributed by atoms with Crippen molar-refractivity contribution in [2.45, 2.75) is 13.3 Å². The monoisotopic (exact) mass is 346 g/mol. The molecule has 1 aliphatic heterocycles. The predicted molar refractivity (Wildman–Crippen MR) is 99.5 cm³/mol. The topological polar surface area (TPSA) is 41.6 Å². The summed E-state index contributed by atoms with van der Waals surface area (Å²) >= 11 is 0. The average molecular weight is 347 g/mol. The van der Waals surface area contributed by atoms with Crippen LogP contribution in [0.25, 0.3) is 0 Å². The quantitative estimate of drug-likeness (QED) is 0.900. The van der Waals surface area contributed by atoms with Gasteiger partial charge in [0.1, 0.15) is 12.4 Å². The summed E-state index contributed by atoms with van der Waals surface area (Å²) in [5.74, 6) is 0.877. The number of ether oxygens (including phenoxy) is 1. The van der Waals surface area contributed by atoms with Crippen molar-refractivity contribution in [3.8, 4) is 5.75 Å². The first-order chi connectivity index (χ1) is 11.1. The summed E-state index contributed by atoms with van der Waals surface area (Å²) in [5, 5.41) is 3.31.